The number of aromatic nitrogens is 2. The van der Waals surface area contributed by atoms with Crippen LogP contribution >= 0.6 is 28.4 Å². The van der Waals surface area contributed by atoms with Crippen molar-refractivity contribution in [2.24, 2.45) is 5.10 Å². The Morgan fingerprint density at radius 1 is 1.59 bits per heavy atom. The van der Waals surface area contributed by atoms with Crippen molar-refractivity contribution in [2.45, 2.75) is 13.3 Å². The summed E-state index contributed by atoms with van der Waals surface area (Å²) in [6.07, 6.45) is 4.35. The molecule has 1 N–H and O–H groups in total. The number of halogens is 2. The van der Waals surface area contributed by atoms with Crippen LogP contribution in [0.15, 0.2) is 23.4 Å². The van der Waals surface area contributed by atoms with E-state index < -0.39 is 0 Å². The molecule has 0 fully saturated rings. The van der Waals surface area contributed by atoms with E-state index in [4.69, 9.17) is 0 Å². The van der Waals surface area contributed by atoms with E-state index in [9.17, 15) is 9.18 Å². The summed E-state index contributed by atoms with van der Waals surface area (Å²) in [6, 6.07) is 3.49. The highest BCUT2D eigenvalue weighted by Gasteiger charge is 2.08. The van der Waals surface area contributed by atoms with Gasteiger partial charge in [0.25, 0.3) is 6.47 Å². The monoisotopic (exact) mass is 438 g/mol. The minimum Gasteiger partial charge on any atom is -0.468 e. The number of carbonyl (C=O) groups excluding carboxylic acids is 1. The number of fused-ring (bicyclic) bond motifs is 1. The molecule has 0 saturated heterocycles. The van der Waals surface area contributed by atoms with Crippen LogP contribution in [0.1, 0.15) is 12.5 Å². The van der Waals surface area contributed by atoms with Crippen molar-refractivity contribution in [1.29, 1.82) is 0 Å². The third-order valence-corrected chi connectivity index (χ3v) is 4.45. The molecule has 120 valence electrons. The number of benzene rings is 1. The molecule has 6 nitrogen and oxygen atoms in total. The molecule has 22 heavy (non-hydrogen) atoms. The van der Waals surface area contributed by atoms with Gasteiger partial charge in [0.15, 0.2) is 0 Å². The zero-order valence-electron chi connectivity index (χ0n) is 12.2. The minimum absolute atomic E-state index is 0.226. The number of hydrazone groups is 1. The Hall–Kier alpha value is -1.28. The van der Waals surface area contributed by atoms with Crippen molar-refractivity contribution < 1.29 is 13.9 Å². The van der Waals surface area contributed by atoms with Crippen molar-refractivity contribution in [1.82, 2.24) is 15.0 Å². The Bertz CT molecular complexity index is 636. The summed E-state index contributed by atoms with van der Waals surface area (Å²) in [5.74, 6) is -0.226. The summed E-state index contributed by atoms with van der Waals surface area (Å²) >= 11 is 2.23. The lowest BCUT2D eigenvalue weighted by Gasteiger charge is -2.01. The first-order valence-corrected chi connectivity index (χ1v) is 10.5. The molecule has 2 rings (SSSR count). The van der Waals surface area contributed by atoms with Gasteiger partial charge < -0.3 is 10.2 Å². The van der Waals surface area contributed by atoms with Crippen LogP contribution in [0.5, 0.6) is 0 Å². The van der Waals surface area contributed by atoms with Gasteiger partial charge in [-0.3, -0.25) is 4.79 Å². The number of hydrogen-bond donors (Lipinski definition) is 1. The fourth-order valence-electron chi connectivity index (χ4n) is 1.63. The molecule has 2 aromatic rings. The summed E-state index contributed by atoms with van der Waals surface area (Å²) in [7, 11) is 1.73. The lowest BCUT2D eigenvalue weighted by molar-refractivity contribution is -0.128. The molecule has 0 saturated carbocycles. The van der Waals surface area contributed by atoms with E-state index in [2.05, 4.69) is 42.4 Å². The van der Waals surface area contributed by atoms with Gasteiger partial charge in [0.2, 0.25) is 0 Å². The Labute approximate surface area is 142 Å². The largest absolute Gasteiger partial charge is 0.468 e. The van der Waals surface area contributed by atoms with Crippen molar-refractivity contribution in [3.63, 3.8) is 0 Å². The summed E-state index contributed by atoms with van der Waals surface area (Å²) in [5.41, 5.74) is 4.40. The average molecular weight is 438 g/mol. The number of nitrogens with one attached hydrogen (secondary N) is 1. The Morgan fingerprint density at radius 2 is 2.36 bits per heavy atom. The average Bonchev–Trinajstić information content (AvgIpc) is 2.92. The zero-order chi connectivity index (χ0) is 16.4. The van der Waals surface area contributed by atoms with Gasteiger partial charge in [-0.1, -0.05) is 0 Å². The van der Waals surface area contributed by atoms with E-state index >= 15 is 0 Å². The smallest absolute Gasteiger partial charge is 0.293 e. The van der Waals surface area contributed by atoms with E-state index in [-0.39, 0.29) is 5.82 Å². The standard InChI is InChI=1S/C10H11FIN4P.C3H6O2/c1-13-14-3-2-7-4-9(11)8-6-15-16(17-12)10(8)5-7;1-2-5-3-4/h3-6,13,17H,2H2,1H3;3H,2H2,1H3/b14-3+;. The fraction of sp³-hybridized carbons (Fsp3) is 0.308. The number of nitrogens with zero attached hydrogens (tertiary/aromatic N) is 3. The maximum atomic E-state index is 13.8. The number of hydrogen-bond acceptors (Lipinski definition) is 5. The molecule has 1 heterocycles. The van der Waals surface area contributed by atoms with Gasteiger partial charge in [0.1, 0.15) is 5.82 Å². The van der Waals surface area contributed by atoms with Crippen LogP contribution in [0.3, 0.4) is 0 Å². The lowest BCUT2D eigenvalue weighted by atomic mass is 10.1. The Balaban J connectivity index is 0.000000422. The molecular weight excluding hydrogens is 421 g/mol. The predicted octanol–water partition coefficient (Wildman–Crippen LogP) is 2.89. The van der Waals surface area contributed by atoms with Gasteiger partial charge in [-0.05, 0) is 46.7 Å². The van der Waals surface area contributed by atoms with Crippen LogP contribution in [0.2, 0.25) is 0 Å². The van der Waals surface area contributed by atoms with Crippen LogP contribution in [-0.4, -0.2) is 35.9 Å². The summed E-state index contributed by atoms with van der Waals surface area (Å²) < 4.78 is 19.7. The summed E-state index contributed by atoms with van der Waals surface area (Å²) in [5, 5.41) is 8.61. The van der Waals surface area contributed by atoms with Gasteiger partial charge >= 0.3 is 0 Å². The van der Waals surface area contributed by atoms with Gasteiger partial charge in [-0.2, -0.15) is 10.2 Å². The molecule has 1 unspecified atom stereocenters. The van der Waals surface area contributed by atoms with E-state index in [0.717, 1.165) is 11.1 Å². The number of ether oxygens (including phenoxy) is 1. The SMILES string of the molecule is CCOC=O.CN/N=C/Cc1cc(F)c2cnn(PI)c2c1. The van der Waals surface area contributed by atoms with Crippen LogP contribution in [0, 0.1) is 5.82 Å². The van der Waals surface area contributed by atoms with Crippen LogP contribution in [0.4, 0.5) is 4.39 Å². The van der Waals surface area contributed by atoms with Crippen LogP contribution < -0.4 is 5.43 Å². The molecule has 1 aromatic heterocycles. The Morgan fingerprint density at radius 3 is 2.91 bits per heavy atom. The number of rotatable bonds is 6. The van der Waals surface area contributed by atoms with Gasteiger partial charge in [0, 0.05) is 19.7 Å². The predicted molar refractivity (Wildman–Crippen MR) is 96.4 cm³/mol. The second-order valence-corrected chi connectivity index (χ2v) is 5.98. The molecular formula is C13H17FIN4O2P. The molecule has 0 aliphatic rings. The highest BCUT2D eigenvalue weighted by atomic mass is 127. The third kappa shape index (κ3) is 5.49. The lowest BCUT2D eigenvalue weighted by Crippen LogP contribution is -1.96. The second-order valence-electron chi connectivity index (χ2n) is 3.94. The van der Waals surface area contributed by atoms with E-state index in [1.807, 2.05) is 6.07 Å². The van der Waals surface area contributed by atoms with Crippen molar-refractivity contribution in [2.75, 3.05) is 13.7 Å². The molecule has 1 atom stereocenters. The molecule has 0 aliphatic carbocycles. The van der Waals surface area contributed by atoms with Gasteiger partial charge in [0.05, 0.1) is 30.1 Å². The first kappa shape index (κ1) is 18.8. The molecule has 0 amide bonds. The summed E-state index contributed by atoms with van der Waals surface area (Å²) in [6.45, 7) is 2.66. The zero-order valence-corrected chi connectivity index (χ0v) is 15.4. The first-order valence-electron chi connectivity index (χ1n) is 6.44. The van der Waals surface area contributed by atoms with Crippen molar-refractivity contribution in [3.05, 3.63) is 29.7 Å². The summed E-state index contributed by atoms with van der Waals surface area (Å²) in [4.78, 5) is 9.18. The van der Waals surface area contributed by atoms with E-state index in [0.29, 0.717) is 31.3 Å². The maximum Gasteiger partial charge on any atom is 0.293 e. The normalized spacial score (nSPS) is 10.9. The number of carbonyl (C=O) groups is 1. The molecule has 1 aromatic carbocycles. The van der Waals surface area contributed by atoms with Crippen molar-refractivity contribution in [3.8, 4) is 0 Å². The maximum absolute atomic E-state index is 13.8. The van der Waals surface area contributed by atoms with Crippen molar-refractivity contribution >= 4 is 52.0 Å². The van der Waals surface area contributed by atoms with E-state index in [1.54, 1.807) is 30.8 Å². The molecule has 0 spiro atoms. The third-order valence-electron chi connectivity index (χ3n) is 2.56. The molecule has 0 radical (unpaired) electrons. The topological polar surface area (TPSA) is 68.5 Å². The highest BCUT2D eigenvalue weighted by molar-refractivity contribution is 14.2. The highest BCUT2D eigenvalue weighted by Crippen LogP contribution is 2.30. The van der Waals surface area contributed by atoms with E-state index in [1.165, 1.54) is 6.07 Å². The van der Waals surface area contributed by atoms with Crippen LogP contribution in [0.25, 0.3) is 10.9 Å². The minimum atomic E-state index is -0.226. The Kier molecular flexibility index (Phi) is 8.91. The second kappa shape index (κ2) is 10.4. The quantitative estimate of drug-likeness (QED) is 0.248. The molecule has 9 heteroatoms. The van der Waals surface area contributed by atoms with Gasteiger partial charge in [-0.25, -0.2) is 8.84 Å². The van der Waals surface area contributed by atoms with Crippen LogP contribution in [-0.2, 0) is 16.0 Å². The molecule has 0 aliphatic heterocycles. The fourth-order valence-corrected chi connectivity index (χ4v) is 3.16. The molecule has 0 bridgehead atoms. The first-order chi connectivity index (χ1) is 10.7. The van der Waals surface area contributed by atoms with Gasteiger partial charge in [-0.15, -0.1) is 0 Å².